The first-order valence-electron chi connectivity index (χ1n) is 6.44. The SMILES string of the molecule is O=C(O)C1CN(CC2CCCCC2)CCN1. The number of carbonyl (C=O) groups is 1. The van der Waals surface area contributed by atoms with Crippen LogP contribution in [0.4, 0.5) is 0 Å². The molecule has 1 saturated carbocycles. The highest BCUT2D eigenvalue weighted by molar-refractivity contribution is 5.73. The Morgan fingerprint density at radius 1 is 1.31 bits per heavy atom. The van der Waals surface area contributed by atoms with Crippen molar-refractivity contribution >= 4 is 5.97 Å². The van der Waals surface area contributed by atoms with Crippen LogP contribution in [-0.4, -0.2) is 48.2 Å². The normalized spacial score (nSPS) is 29.1. The third-order valence-electron chi connectivity index (χ3n) is 3.80. The first-order valence-corrected chi connectivity index (χ1v) is 6.44. The Hall–Kier alpha value is -0.610. The molecule has 16 heavy (non-hydrogen) atoms. The average molecular weight is 226 g/mol. The lowest BCUT2D eigenvalue weighted by Crippen LogP contribution is -2.55. The second-order valence-corrected chi connectivity index (χ2v) is 5.11. The quantitative estimate of drug-likeness (QED) is 0.751. The number of hydrogen-bond donors (Lipinski definition) is 2. The highest BCUT2D eigenvalue weighted by Gasteiger charge is 2.26. The summed E-state index contributed by atoms with van der Waals surface area (Å²) < 4.78 is 0. The lowest BCUT2D eigenvalue weighted by Gasteiger charge is -2.35. The fourth-order valence-electron chi connectivity index (χ4n) is 2.88. The summed E-state index contributed by atoms with van der Waals surface area (Å²) in [5.41, 5.74) is 0. The number of nitrogens with one attached hydrogen (secondary N) is 1. The van der Waals surface area contributed by atoms with Gasteiger partial charge in [0.05, 0.1) is 0 Å². The van der Waals surface area contributed by atoms with Crippen LogP contribution in [0.2, 0.25) is 0 Å². The van der Waals surface area contributed by atoms with E-state index in [0.717, 1.165) is 25.6 Å². The molecule has 0 aromatic carbocycles. The maximum absolute atomic E-state index is 10.9. The van der Waals surface area contributed by atoms with Crippen LogP contribution in [0.25, 0.3) is 0 Å². The maximum Gasteiger partial charge on any atom is 0.322 e. The summed E-state index contributed by atoms with van der Waals surface area (Å²) in [5.74, 6) is 0.0923. The second kappa shape index (κ2) is 5.64. The van der Waals surface area contributed by atoms with Crippen molar-refractivity contribution in [2.24, 2.45) is 5.92 Å². The monoisotopic (exact) mass is 226 g/mol. The zero-order valence-corrected chi connectivity index (χ0v) is 9.82. The Kier molecular flexibility index (Phi) is 4.18. The lowest BCUT2D eigenvalue weighted by molar-refractivity contribution is -0.140. The van der Waals surface area contributed by atoms with Crippen molar-refractivity contribution in [3.63, 3.8) is 0 Å². The molecule has 0 bridgehead atoms. The molecule has 2 aliphatic rings. The van der Waals surface area contributed by atoms with E-state index in [4.69, 9.17) is 5.11 Å². The highest BCUT2D eigenvalue weighted by Crippen LogP contribution is 2.24. The zero-order valence-electron chi connectivity index (χ0n) is 9.82. The van der Waals surface area contributed by atoms with Gasteiger partial charge < -0.3 is 10.4 Å². The minimum atomic E-state index is -0.714. The van der Waals surface area contributed by atoms with Crippen LogP contribution in [0.1, 0.15) is 32.1 Å². The molecule has 1 unspecified atom stereocenters. The van der Waals surface area contributed by atoms with Crippen LogP contribution in [0.5, 0.6) is 0 Å². The van der Waals surface area contributed by atoms with E-state index in [-0.39, 0.29) is 6.04 Å². The Morgan fingerprint density at radius 2 is 2.06 bits per heavy atom. The summed E-state index contributed by atoms with van der Waals surface area (Å²) in [6, 6.07) is -0.364. The number of aliphatic carboxylic acids is 1. The van der Waals surface area contributed by atoms with Gasteiger partial charge in [0.2, 0.25) is 0 Å². The van der Waals surface area contributed by atoms with Gasteiger partial charge in [-0.05, 0) is 18.8 Å². The van der Waals surface area contributed by atoms with E-state index in [2.05, 4.69) is 10.2 Å². The molecule has 4 heteroatoms. The van der Waals surface area contributed by atoms with Gasteiger partial charge in [-0.25, -0.2) is 0 Å². The molecule has 1 aliphatic heterocycles. The second-order valence-electron chi connectivity index (χ2n) is 5.11. The van der Waals surface area contributed by atoms with Gasteiger partial charge in [-0.15, -0.1) is 0 Å². The molecule has 1 aliphatic carbocycles. The molecule has 0 aromatic heterocycles. The largest absolute Gasteiger partial charge is 0.480 e. The number of hydrogen-bond acceptors (Lipinski definition) is 3. The van der Waals surface area contributed by atoms with Gasteiger partial charge in [0.1, 0.15) is 6.04 Å². The summed E-state index contributed by atoms with van der Waals surface area (Å²) in [6.45, 7) is 3.58. The van der Waals surface area contributed by atoms with E-state index in [1.54, 1.807) is 0 Å². The highest BCUT2D eigenvalue weighted by atomic mass is 16.4. The van der Waals surface area contributed by atoms with Gasteiger partial charge in [-0.3, -0.25) is 9.69 Å². The molecule has 0 aromatic rings. The fourth-order valence-corrected chi connectivity index (χ4v) is 2.88. The molecule has 0 spiro atoms. The van der Waals surface area contributed by atoms with E-state index in [1.807, 2.05) is 0 Å². The number of rotatable bonds is 3. The van der Waals surface area contributed by atoms with Crippen LogP contribution in [0, 0.1) is 5.92 Å². The summed E-state index contributed by atoms with van der Waals surface area (Å²) in [5, 5.41) is 12.0. The molecule has 1 heterocycles. The predicted molar refractivity (Wildman–Crippen MR) is 62.4 cm³/mol. The Labute approximate surface area is 97.0 Å². The van der Waals surface area contributed by atoms with Gasteiger partial charge in [0.25, 0.3) is 0 Å². The summed E-state index contributed by atoms with van der Waals surface area (Å²) in [4.78, 5) is 13.2. The topological polar surface area (TPSA) is 52.6 Å². The lowest BCUT2D eigenvalue weighted by atomic mass is 9.88. The van der Waals surface area contributed by atoms with E-state index in [9.17, 15) is 4.79 Å². The first-order chi connectivity index (χ1) is 7.75. The molecular weight excluding hydrogens is 204 g/mol. The molecule has 1 atom stereocenters. The third-order valence-corrected chi connectivity index (χ3v) is 3.80. The van der Waals surface area contributed by atoms with Crippen molar-refractivity contribution in [1.82, 2.24) is 10.2 Å². The van der Waals surface area contributed by atoms with E-state index < -0.39 is 5.97 Å². The van der Waals surface area contributed by atoms with E-state index >= 15 is 0 Å². The predicted octanol–water partition coefficient (Wildman–Crippen LogP) is 0.925. The molecule has 2 rings (SSSR count). The minimum Gasteiger partial charge on any atom is -0.480 e. The van der Waals surface area contributed by atoms with Crippen molar-refractivity contribution in [1.29, 1.82) is 0 Å². The van der Waals surface area contributed by atoms with Crippen molar-refractivity contribution < 1.29 is 9.90 Å². The Balaban J connectivity index is 1.78. The third kappa shape index (κ3) is 3.19. The van der Waals surface area contributed by atoms with Crippen molar-refractivity contribution in [3.8, 4) is 0 Å². The van der Waals surface area contributed by atoms with Crippen molar-refractivity contribution in [3.05, 3.63) is 0 Å². The Morgan fingerprint density at radius 3 is 2.75 bits per heavy atom. The molecule has 92 valence electrons. The first kappa shape index (κ1) is 11.9. The van der Waals surface area contributed by atoms with Crippen LogP contribution < -0.4 is 5.32 Å². The standard InChI is InChI=1S/C12H22N2O2/c15-12(16)11-9-14(7-6-13-11)8-10-4-2-1-3-5-10/h10-11,13H,1-9H2,(H,15,16). The molecule has 2 fully saturated rings. The Bertz CT molecular complexity index is 239. The molecule has 0 amide bonds. The van der Waals surface area contributed by atoms with E-state index in [1.165, 1.54) is 32.1 Å². The molecule has 2 N–H and O–H groups in total. The number of piperazine rings is 1. The van der Waals surface area contributed by atoms with Crippen LogP contribution in [0.3, 0.4) is 0 Å². The van der Waals surface area contributed by atoms with Crippen LogP contribution in [-0.2, 0) is 4.79 Å². The van der Waals surface area contributed by atoms with Crippen molar-refractivity contribution in [2.75, 3.05) is 26.2 Å². The number of carboxylic acids is 1. The van der Waals surface area contributed by atoms with Gasteiger partial charge in [0.15, 0.2) is 0 Å². The van der Waals surface area contributed by atoms with Crippen LogP contribution in [0.15, 0.2) is 0 Å². The average Bonchev–Trinajstić information content (AvgIpc) is 2.30. The molecule has 0 radical (unpaired) electrons. The molecular formula is C12H22N2O2. The number of nitrogens with zero attached hydrogens (tertiary/aromatic N) is 1. The minimum absolute atomic E-state index is 0.364. The number of carboxylic acid groups (broad SMARTS) is 1. The zero-order chi connectivity index (χ0) is 11.4. The smallest absolute Gasteiger partial charge is 0.322 e. The molecule has 1 saturated heterocycles. The van der Waals surface area contributed by atoms with Gasteiger partial charge >= 0.3 is 5.97 Å². The van der Waals surface area contributed by atoms with Crippen molar-refractivity contribution in [2.45, 2.75) is 38.1 Å². The van der Waals surface area contributed by atoms with Gasteiger partial charge in [-0.1, -0.05) is 19.3 Å². The van der Waals surface area contributed by atoms with Gasteiger partial charge in [0, 0.05) is 26.2 Å². The molecule has 4 nitrogen and oxygen atoms in total. The van der Waals surface area contributed by atoms with Gasteiger partial charge in [-0.2, -0.15) is 0 Å². The summed E-state index contributed by atoms with van der Waals surface area (Å²) >= 11 is 0. The van der Waals surface area contributed by atoms with E-state index in [0.29, 0.717) is 6.54 Å². The summed E-state index contributed by atoms with van der Waals surface area (Å²) in [6.07, 6.45) is 6.78. The maximum atomic E-state index is 10.9. The van der Waals surface area contributed by atoms with Crippen LogP contribution >= 0.6 is 0 Å². The fraction of sp³-hybridized carbons (Fsp3) is 0.917. The summed E-state index contributed by atoms with van der Waals surface area (Å²) in [7, 11) is 0.